The number of fused-ring (bicyclic) bond motifs is 4. The summed E-state index contributed by atoms with van der Waals surface area (Å²) >= 11 is 0. The molecular weight excluding hydrogens is 186 g/mol. The van der Waals surface area contributed by atoms with E-state index in [0.717, 1.165) is 6.54 Å². The van der Waals surface area contributed by atoms with Crippen LogP contribution >= 0.6 is 0 Å². The van der Waals surface area contributed by atoms with Gasteiger partial charge in [-0.15, -0.1) is 0 Å². The van der Waals surface area contributed by atoms with Gasteiger partial charge in [0, 0.05) is 30.7 Å². The lowest BCUT2D eigenvalue weighted by atomic mass is 9.93. The van der Waals surface area contributed by atoms with Crippen molar-refractivity contribution in [2.75, 3.05) is 13.1 Å². The van der Waals surface area contributed by atoms with Crippen molar-refractivity contribution in [2.45, 2.75) is 45.2 Å². The highest BCUT2D eigenvalue weighted by Gasteiger charge is 2.33. The molecule has 0 aromatic carbocycles. The lowest BCUT2D eigenvalue weighted by Crippen LogP contribution is -2.28. The summed E-state index contributed by atoms with van der Waals surface area (Å²) in [5.41, 5.74) is 1.42. The summed E-state index contributed by atoms with van der Waals surface area (Å²) in [7, 11) is 0. The molecule has 0 spiro atoms. The maximum Gasteiger partial charge on any atom is 0.123 e. The molecule has 0 N–H and O–H groups in total. The number of rotatable bonds is 0. The van der Waals surface area contributed by atoms with Gasteiger partial charge in [-0.25, -0.2) is 4.98 Å². The van der Waals surface area contributed by atoms with Crippen molar-refractivity contribution >= 4 is 0 Å². The van der Waals surface area contributed by atoms with Crippen LogP contribution in [-0.4, -0.2) is 27.5 Å². The second-order valence-corrected chi connectivity index (χ2v) is 5.88. The number of hydrogen-bond donors (Lipinski definition) is 0. The van der Waals surface area contributed by atoms with Crippen LogP contribution in [0.5, 0.6) is 0 Å². The summed E-state index contributed by atoms with van der Waals surface area (Å²) in [5, 5.41) is 0. The molecule has 0 radical (unpaired) electrons. The first-order chi connectivity index (χ1) is 7.04. The molecule has 1 fully saturated rings. The van der Waals surface area contributed by atoms with Gasteiger partial charge in [0.2, 0.25) is 0 Å². The molecule has 1 aromatic rings. The zero-order valence-corrected chi connectivity index (χ0v) is 9.82. The maximum atomic E-state index is 4.78. The molecule has 3 nitrogen and oxygen atoms in total. The monoisotopic (exact) mass is 205 g/mol. The molecule has 2 bridgehead atoms. The predicted octanol–water partition coefficient (Wildman–Crippen LogP) is 1.94. The third-order valence-corrected chi connectivity index (χ3v) is 3.58. The van der Waals surface area contributed by atoms with E-state index >= 15 is 0 Å². The minimum Gasteiger partial charge on any atom is -0.329 e. The van der Waals surface area contributed by atoms with Gasteiger partial charge in [-0.2, -0.15) is 0 Å². The van der Waals surface area contributed by atoms with Gasteiger partial charge in [0.1, 0.15) is 5.82 Å². The molecule has 3 heteroatoms. The fraction of sp³-hybridized carbons (Fsp3) is 0.750. The number of aromatic nitrogens is 2. The van der Waals surface area contributed by atoms with Gasteiger partial charge in [0.25, 0.3) is 0 Å². The molecule has 1 aromatic heterocycles. The Morgan fingerprint density at radius 1 is 1.40 bits per heavy atom. The van der Waals surface area contributed by atoms with E-state index in [0.29, 0.717) is 6.04 Å². The van der Waals surface area contributed by atoms with E-state index in [9.17, 15) is 0 Å². The van der Waals surface area contributed by atoms with E-state index in [1.54, 1.807) is 0 Å². The van der Waals surface area contributed by atoms with Crippen LogP contribution in [0, 0.1) is 0 Å². The second-order valence-electron chi connectivity index (χ2n) is 5.88. The Kier molecular flexibility index (Phi) is 1.78. The highest BCUT2D eigenvalue weighted by molar-refractivity contribution is 5.16. The van der Waals surface area contributed by atoms with E-state index in [4.69, 9.17) is 4.98 Å². The molecule has 2 unspecified atom stereocenters. The van der Waals surface area contributed by atoms with E-state index in [1.165, 1.54) is 31.0 Å². The Hall–Kier alpha value is -0.830. The van der Waals surface area contributed by atoms with Crippen molar-refractivity contribution in [3.05, 3.63) is 17.7 Å². The molecule has 2 aliphatic heterocycles. The highest BCUT2D eigenvalue weighted by Crippen LogP contribution is 2.32. The minimum absolute atomic E-state index is 0.179. The van der Waals surface area contributed by atoms with Crippen molar-refractivity contribution in [2.24, 2.45) is 0 Å². The first kappa shape index (κ1) is 9.40. The van der Waals surface area contributed by atoms with Crippen molar-refractivity contribution in [1.29, 1.82) is 0 Å². The van der Waals surface area contributed by atoms with Crippen LogP contribution < -0.4 is 0 Å². The summed E-state index contributed by atoms with van der Waals surface area (Å²) in [6.45, 7) is 10.2. The second kappa shape index (κ2) is 2.85. The average Bonchev–Trinajstić information content (AvgIpc) is 2.70. The largest absolute Gasteiger partial charge is 0.329 e. The molecule has 0 amide bonds. The standard InChI is InChI=1S/C12H19N3/c1-12(2,3)10-7-15-9-4-5-14(6-9)8-11(15)13-10/h7,9H,4-6,8H2,1-3H3. The summed E-state index contributed by atoms with van der Waals surface area (Å²) in [4.78, 5) is 7.30. The molecule has 3 heterocycles. The SMILES string of the molecule is CC(C)(C)c1cn2c(n1)CN1CCC2C1. The van der Waals surface area contributed by atoms with Gasteiger partial charge in [-0.3, -0.25) is 4.90 Å². The van der Waals surface area contributed by atoms with Crippen LogP contribution in [0.25, 0.3) is 0 Å². The normalized spacial score (nSPS) is 29.3. The zero-order valence-electron chi connectivity index (χ0n) is 9.82. The number of hydrogen-bond acceptors (Lipinski definition) is 2. The smallest absolute Gasteiger partial charge is 0.123 e. The Morgan fingerprint density at radius 2 is 2.20 bits per heavy atom. The van der Waals surface area contributed by atoms with Gasteiger partial charge in [0.05, 0.1) is 12.2 Å². The average molecular weight is 205 g/mol. The van der Waals surface area contributed by atoms with Crippen LogP contribution in [0.3, 0.4) is 0 Å². The lowest BCUT2D eigenvalue weighted by Gasteiger charge is -2.23. The van der Waals surface area contributed by atoms with Crippen LogP contribution in [-0.2, 0) is 12.0 Å². The van der Waals surface area contributed by atoms with Gasteiger partial charge in [-0.1, -0.05) is 20.8 Å². The van der Waals surface area contributed by atoms with Crippen molar-refractivity contribution < 1.29 is 0 Å². The third-order valence-electron chi connectivity index (χ3n) is 3.58. The molecule has 0 aliphatic carbocycles. The van der Waals surface area contributed by atoms with Crippen LogP contribution in [0.2, 0.25) is 0 Å². The molecule has 0 saturated carbocycles. The fourth-order valence-electron chi connectivity index (χ4n) is 2.61. The first-order valence-electron chi connectivity index (χ1n) is 5.84. The highest BCUT2D eigenvalue weighted by atomic mass is 15.3. The molecular formula is C12H19N3. The lowest BCUT2D eigenvalue weighted by molar-refractivity contribution is 0.272. The Bertz CT molecular complexity index is 386. The fourth-order valence-corrected chi connectivity index (χ4v) is 2.61. The summed E-state index contributed by atoms with van der Waals surface area (Å²) in [6, 6.07) is 0.692. The van der Waals surface area contributed by atoms with E-state index in [1.807, 2.05) is 0 Å². The molecule has 15 heavy (non-hydrogen) atoms. The minimum atomic E-state index is 0.179. The first-order valence-corrected chi connectivity index (χ1v) is 5.84. The molecule has 82 valence electrons. The third kappa shape index (κ3) is 1.41. The Morgan fingerprint density at radius 3 is 2.93 bits per heavy atom. The van der Waals surface area contributed by atoms with Crippen LogP contribution in [0.1, 0.15) is 44.8 Å². The summed E-state index contributed by atoms with van der Waals surface area (Å²) < 4.78 is 2.42. The van der Waals surface area contributed by atoms with Crippen LogP contribution in [0.15, 0.2) is 6.20 Å². The molecule has 2 atom stereocenters. The molecule has 2 aliphatic rings. The quantitative estimate of drug-likeness (QED) is 0.645. The summed E-state index contributed by atoms with van der Waals surface area (Å²) in [5.74, 6) is 1.27. The van der Waals surface area contributed by atoms with Crippen LogP contribution in [0.4, 0.5) is 0 Å². The maximum absolute atomic E-state index is 4.78. The van der Waals surface area contributed by atoms with E-state index < -0.39 is 0 Å². The van der Waals surface area contributed by atoms with Gasteiger partial charge >= 0.3 is 0 Å². The molecule has 3 rings (SSSR count). The number of imidazole rings is 1. The van der Waals surface area contributed by atoms with E-state index in [-0.39, 0.29) is 5.41 Å². The van der Waals surface area contributed by atoms with Crippen molar-refractivity contribution in [1.82, 2.24) is 14.5 Å². The zero-order chi connectivity index (χ0) is 10.6. The Balaban J connectivity index is 2.03. The van der Waals surface area contributed by atoms with Gasteiger partial charge < -0.3 is 4.57 Å². The number of nitrogens with zero attached hydrogens (tertiary/aromatic N) is 3. The van der Waals surface area contributed by atoms with Gasteiger partial charge in [-0.05, 0) is 6.42 Å². The summed E-state index contributed by atoms with van der Waals surface area (Å²) in [6.07, 6.45) is 3.58. The van der Waals surface area contributed by atoms with E-state index in [2.05, 4.69) is 36.4 Å². The predicted molar refractivity (Wildman–Crippen MR) is 59.9 cm³/mol. The van der Waals surface area contributed by atoms with Gasteiger partial charge in [0.15, 0.2) is 0 Å². The van der Waals surface area contributed by atoms with Crippen molar-refractivity contribution in [3.63, 3.8) is 0 Å². The topological polar surface area (TPSA) is 21.1 Å². The molecule has 1 saturated heterocycles. The Labute approximate surface area is 91.1 Å². The van der Waals surface area contributed by atoms with Crippen molar-refractivity contribution in [3.8, 4) is 0 Å².